The Morgan fingerprint density at radius 1 is 1.11 bits per heavy atom. The van der Waals surface area contributed by atoms with Crippen LogP contribution in [0.25, 0.3) is 0 Å². The summed E-state index contributed by atoms with van der Waals surface area (Å²) in [6.45, 7) is 3.01. The van der Waals surface area contributed by atoms with E-state index in [0.717, 1.165) is 12.3 Å². The maximum atomic E-state index is 5.39. The van der Waals surface area contributed by atoms with Crippen molar-refractivity contribution >= 4 is 22.6 Å². The van der Waals surface area contributed by atoms with E-state index in [1.165, 1.54) is 14.7 Å². The molecule has 0 saturated carbocycles. The van der Waals surface area contributed by atoms with E-state index in [-0.39, 0.29) is 6.04 Å². The number of halogens is 1. The highest BCUT2D eigenvalue weighted by Gasteiger charge is 2.09. The van der Waals surface area contributed by atoms with Crippen molar-refractivity contribution in [2.45, 2.75) is 19.5 Å². The summed E-state index contributed by atoms with van der Waals surface area (Å²) in [6, 6.07) is 17.0. The van der Waals surface area contributed by atoms with Crippen molar-refractivity contribution in [2.75, 3.05) is 7.11 Å². The topological polar surface area (TPSA) is 21.3 Å². The number of ether oxygens (including phenoxy) is 1. The first-order valence-corrected chi connectivity index (χ1v) is 7.39. The summed E-state index contributed by atoms with van der Waals surface area (Å²) in [5.41, 5.74) is 2.48. The molecule has 0 bridgehead atoms. The highest BCUT2D eigenvalue weighted by molar-refractivity contribution is 14.1. The molecule has 2 aromatic rings. The molecule has 0 fully saturated rings. The molecule has 0 amide bonds. The standard InChI is InChI=1S/C16H18INO/c1-12(15-5-3-4-6-16(15)19-2)18-11-13-7-9-14(17)10-8-13/h3-10,12,18H,11H2,1-2H3/t12-/m1/s1. The molecule has 0 radical (unpaired) electrons. The van der Waals surface area contributed by atoms with E-state index in [4.69, 9.17) is 4.74 Å². The van der Waals surface area contributed by atoms with Crippen LogP contribution in [0.4, 0.5) is 0 Å². The van der Waals surface area contributed by atoms with Crippen molar-refractivity contribution in [3.05, 3.63) is 63.2 Å². The van der Waals surface area contributed by atoms with E-state index in [0.29, 0.717) is 0 Å². The third-order valence-corrected chi connectivity index (χ3v) is 3.85. The third-order valence-electron chi connectivity index (χ3n) is 3.13. The van der Waals surface area contributed by atoms with Crippen molar-refractivity contribution in [3.8, 4) is 5.75 Å². The van der Waals surface area contributed by atoms with Crippen LogP contribution in [0.5, 0.6) is 5.75 Å². The molecule has 0 aliphatic rings. The first-order chi connectivity index (χ1) is 9.20. The summed E-state index contributed by atoms with van der Waals surface area (Å²) in [5, 5.41) is 3.53. The Hall–Kier alpha value is -1.07. The molecular weight excluding hydrogens is 349 g/mol. The Bertz CT molecular complexity index is 525. The summed E-state index contributed by atoms with van der Waals surface area (Å²) in [6.07, 6.45) is 0. The van der Waals surface area contributed by atoms with Crippen LogP contribution in [-0.2, 0) is 6.54 Å². The normalized spacial score (nSPS) is 12.2. The Kier molecular flexibility index (Phi) is 5.22. The predicted octanol–water partition coefficient (Wildman–Crippen LogP) is 4.15. The quantitative estimate of drug-likeness (QED) is 0.802. The van der Waals surface area contributed by atoms with E-state index in [9.17, 15) is 0 Å². The lowest BCUT2D eigenvalue weighted by Crippen LogP contribution is -2.18. The first kappa shape index (κ1) is 14.3. The highest BCUT2D eigenvalue weighted by Crippen LogP contribution is 2.24. The van der Waals surface area contributed by atoms with Crippen molar-refractivity contribution in [2.24, 2.45) is 0 Å². The van der Waals surface area contributed by atoms with Crippen molar-refractivity contribution in [1.82, 2.24) is 5.32 Å². The molecule has 2 aromatic carbocycles. The van der Waals surface area contributed by atoms with Gasteiger partial charge in [0, 0.05) is 21.7 Å². The van der Waals surface area contributed by atoms with Gasteiger partial charge in [-0.1, -0.05) is 30.3 Å². The van der Waals surface area contributed by atoms with Gasteiger partial charge in [-0.2, -0.15) is 0 Å². The molecule has 100 valence electrons. The maximum Gasteiger partial charge on any atom is 0.123 e. The number of hydrogen-bond acceptors (Lipinski definition) is 2. The molecule has 0 aliphatic heterocycles. The number of rotatable bonds is 5. The molecular formula is C16H18INO. The molecule has 0 saturated heterocycles. The fourth-order valence-corrected chi connectivity index (χ4v) is 2.37. The maximum absolute atomic E-state index is 5.39. The van der Waals surface area contributed by atoms with Crippen molar-refractivity contribution in [1.29, 1.82) is 0 Å². The smallest absolute Gasteiger partial charge is 0.123 e. The molecule has 0 heterocycles. The third kappa shape index (κ3) is 3.94. The van der Waals surface area contributed by atoms with Gasteiger partial charge in [-0.3, -0.25) is 0 Å². The average Bonchev–Trinajstić information content (AvgIpc) is 2.46. The van der Waals surface area contributed by atoms with E-state index >= 15 is 0 Å². The lowest BCUT2D eigenvalue weighted by molar-refractivity contribution is 0.401. The van der Waals surface area contributed by atoms with Crippen LogP contribution in [0, 0.1) is 3.57 Å². The zero-order valence-corrected chi connectivity index (χ0v) is 13.3. The van der Waals surface area contributed by atoms with Gasteiger partial charge in [0.1, 0.15) is 5.75 Å². The summed E-state index contributed by atoms with van der Waals surface area (Å²) in [5.74, 6) is 0.935. The number of nitrogens with one attached hydrogen (secondary N) is 1. The van der Waals surface area contributed by atoms with Gasteiger partial charge in [0.15, 0.2) is 0 Å². The van der Waals surface area contributed by atoms with E-state index in [2.05, 4.69) is 65.2 Å². The Balaban J connectivity index is 2.01. The van der Waals surface area contributed by atoms with Crippen LogP contribution in [0.3, 0.4) is 0 Å². The average molecular weight is 367 g/mol. The monoisotopic (exact) mass is 367 g/mol. The van der Waals surface area contributed by atoms with Gasteiger partial charge >= 0.3 is 0 Å². The van der Waals surface area contributed by atoms with Crippen molar-refractivity contribution in [3.63, 3.8) is 0 Å². The Labute approximate surface area is 128 Å². The second kappa shape index (κ2) is 6.91. The predicted molar refractivity (Wildman–Crippen MR) is 87.4 cm³/mol. The van der Waals surface area contributed by atoms with Gasteiger partial charge in [-0.25, -0.2) is 0 Å². The second-order valence-electron chi connectivity index (χ2n) is 4.47. The lowest BCUT2D eigenvalue weighted by atomic mass is 10.1. The summed E-state index contributed by atoms with van der Waals surface area (Å²) < 4.78 is 6.66. The van der Waals surface area contributed by atoms with Crippen LogP contribution < -0.4 is 10.1 Å². The Morgan fingerprint density at radius 2 is 1.79 bits per heavy atom. The fourth-order valence-electron chi connectivity index (χ4n) is 2.01. The summed E-state index contributed by atoms with van der Waals surface area (Å²) in [7, 11) is 1.71. The van der Waals surface area contributed by atoms with Gasteiger partial charge in [-0.05, 0) is 53.3 Å². The molecule has 19 heavy (non-hydrogen) atoms. The van der Waals surface area contributed by atoms with Crippen LogP contribution in [0.1, 0.15) is 24.1 Å². The molecule has 3 heteroatoms. The minimum atomic E-state index is 0.260. The number of hydrogen-bond donors (Lipinski definition) is 1. The van der Waals surface area contributed by atoms with Crippen LogP contribution in [-0.4, -0.2) is 7.11 Å². The molecule has 2 nitrogen and oxygen atoms in total. The minimum absolute atomic E-state index is 0.260. The summed E-state index contributed by atoms with van der Waals surface area (Å²) in [4.78, 5) is 0. The van der Waals surface area contributed by atoms with E-state index in [1.54, 1.807) is 7.11 Å². The molecule has 1 atom stereocenters. The first-order valence-electron chi connectivity index (χ1n) is 6.31. The molecule has 0 aromatic heterocycles. The largest absolute Gasteiger partial charge is 0.496 e. The van der Waals surface area contributed by atoms with Crippen LogP contribution >= 0.6 is 22.6 Å². The highest BCUT2D eigenvalue weighted by atomic mass is 127. The van der Waals surface area contributed by atoms with Crippen molar-refractivity contribution < 1.29 is 4.74 Å². The van der Waals surface area contributed by atoms with Crippen LogP contribution in [0.15, 0.2) is 48.5 Å². The molecule has 0 aliphatic carbocycles. The van der Waals surface area contributed by atoms with Gasteiger partial charge in [0.25, 0.3) is 0 Å². The molecule has 0 unspecified atom stereocenters. The van der Waals surface area contributed by atoms with Gasteiger partial charge in [0.2, 0.25) is 0 Å². The molecule has 2 rings (SSSR count). The lowest BCUT2D eigenvalue weighted by Gasteiger charge is -2.17. The zero-order chi connectivity index (χ0) is 13.7. The minimum Gasteiger partial charge on any atom is -0.496 e. The molecule has 1 N–H and O–H groups in total. The van der Waals surface area contributed by atoms with E-state index < -0.39 is 0 Å². The van der Waals surface area contributed by atoms with Gasteiger partial charge in [0.05, 0.1) is 7.11 Å². The number of methoxy groups -OCH3 is 1. The number of benzene rings is 2. The zero-order valence-electron chi connectivity index (χ0n) is 11.2. The van der Waals surface area contributed by atoms with Gasteiger partial charge in [-0.15, -0.1) is 0 Å². The van der Waals surface area contributed by atoms with E-state index in [1.807, 2.05) is 18.2 Å². The fraction of sp³-hybridized carbons (Fsp3) is 0.250. The molecule has 0 spiro atoms. The van der Waals surface area contributed by atoms with Crippen LogP contribution in [0.2, 0.25) is 0 Å². The second-order valence-corrected chi connectivity index (χ2v) is 5.72. The Morgan fingerprint density at radius 3 is 2.47 bits per heavy atom. The van der Waals surface area contributed by atoms with Gasteiger partial charge < -0.3 is 10.1 Å². The SMILES string of the molecule is COc1ccccc1[C@@H](C)NCc1ccc(I)cc1. The summed E-state index contributed by atoms with van der Waals surface area (Å²) >= 11 is 2.32. The number of para-hydroxylation sites is 1.